The molecule has 0 heterocycles. The summed E-state index contributed by atoms with van der Waals surface area (Å²) in [6, 6.07) is 0.153. The summed E-state index contributed by atoms with van der Waals surface area (Å²) in [7, 11) is -0.613. The monoisotopic (exact) mass is 353 g/mol. The maximum atomic E-state index is 11.3. The van der Waals surface area contributed by atoms with Crippen LogP contribution in [0.25, 0.3) is 0 Å². The van der Waals surface area contributed by atoms with Crippen LogP contribution in [-0.2, 0) is 23.4 Å². The third-order valence-electron chi connectivity index (χ3n) is 3.49. The Balaban J connectivity index is 3.91. The summed E-state index contributed by atoms with van der Waals surface area (Å²) in [5.41, 5.74) is 0.383. The number of esters is 1. The lowest BCUT2D eigenvalue weighted by atomic mass is 10.2. The molecule has 2 atom stereocenters. The number of ether oxygens (including phenoxy) is 2. The van der Waals surface area contributed by atoms with Crippen molar-refractivity contribution in [2.75, 3.05) is 47.1 Å². The molecule has 23 heavy (non-hydrogen) atoms. The average Bonchev–Trinajstić information content (AvgIpc) is 2.41. The van der Waals surface area contributed by atoms with Gasteiger partial charge < -0.3 is 28.3 Å². The molecule has 0 spiro atoms. The SMILES string of the molecule is C=C(C)C(=O)OCCC[N+](C)(C)C(C)COCCOP(=O)([O-])O. The van der Waals surface area contributed by atoms with Crippen molar-refractivity contribution >= 4 is 13.8 Å². The molecule has 0 fully saturated rings. The molecule has 8 nitrogen and oxygen atoms in total. The first-order chi connectivity index (χ1) is 10.5. The highest BCUT2D eigenvalue weighted by atomic mass is 31.2. The number of nitrogens with zero attached hydrogens (tertiary/aromatic N) is 1. The molecule has 0 rings (SSSR count). The van der Waals surface area contributed by atoms with E-state index >= 15 is 0 Å². The number of carbonyl (C=O) groups excluding carboxylic acids is 1. The average molecular weight is 353 g/mol. The second-order valence-corrected chi connectivity index (χ2v) is 7.19. The molecule has 0 aromatic carbocycles. The zero-order valence-corrected chi connectivity index (χ0v) is 15.2. The van der Waals surface area contributed by atoms with Crippen molar-refractivity contribution < 1.29 is 37.6 Å². The van der Waals surface area contributed by atoms with Crippen LogP contribution in [0.15, 0.2) is 12.2 Å². The summed E-state index contributed by atoms with van der Waals surface area (Å²) < 4.78 is 25.6. The van der Waals surface area contributed by atoms with Crippen LogP contribution in [-0.4, -0.2) is 68.5 Å². The van der Waals surface area contributed by atoms with Crippen LogP contribution in [0, 0.1) is 0 Å². The van der Waals surface area contributed by atoms with Gasteiger partial charge in [0.05, 0.1) is 47.1 Å². The van der Waals surface area contributed by atoms with E-state index in [1.807, 2.05) is 21.0 Å². The molecule has 0 saturated heterocycles. The van der Waals surface area contributed by atoms with Crippen LogP contribution in [0.4, 0.5) is 0 Å². The number of phosphoric ester groups is 1. The Morgan fingerprint density at radius 2 is 1.96 bits per heavy atom. The number of phosphoric acid groups is 1. The molecule has 1 N–H and O–H groups in total. The van der Waals surface area contributed by atoms with Gasteiger partial charge in [-0.1, -0.05) is 6.58 Å². The Hall–Kier alpha value is -0.760. The van der Waals surface area contributed by atoms with Crippen LogP contribution in [0.5, 0.6) is 0 Å². The van der Waals surface area contributed by atoms with Gasteiger partial charge in [0, 0.05) is 12.0 Å². The van der Waals surface area contributed by atoms with Crippen LogP contribution in [0.3, 0.4) is 0 Å². The lowest BCUT2D eigenvalue weighted by Crippen LogP contribution is -2.50. The molecule has 0 aliphatic heterocycles. The van der Waals surface area contributed by atoms with Gasteiger partial charge in [0.15, 0.2) is 0 Å². The third kappa shape index (κ3) is 11.4. The van der Waals surface area contributed by atoms with Crippen LogP contribution >= 0.6 is 7.82 Å². The summed E-state index contributed by atoms with van der Waals surface area (Å²) in [6.45, 7) is 8.53. The van der Waals surface area contributed by atoms with E-state index in [0.29, 0.717) is 29.7 Å². The standard InChI is InChI=1S/C14H28NO7P/c1-12(2)14(16)21-8-6-7-15(4,5)13(3)11-20-9-10-22-23(17,18)19/h13H,1,6-11H2,2-5H3,(H-,17,18,19). The van der Waals surface area contributed by atoms with Crippen molar-refractivity contribution in [3.8, 4) is 0 Å². The molecule has 0 aromatic heterocycles. The van der Waals surface area contributed by atoms with Gasteiger partial charge in [-0.2, -0.15) is 0 Å². The maximum Gasteiger partial charge on any atom is 0.333 e. The molecule has 136 valence electrons. The highest BCUT2D eigenvalue weighted by molar-refractivity contribution is 7.44. The Morgan fingerprint density at radius 1 is 1.35 bits per heavy atom. The first-order valence-corrected chi connectivity index (χ1v) is 8.86. The fraction of sp³-hybridized carbons (Fsp3) is 0.786. The van der Waals surface area contributed by atoms with Crippen molar-refractivity contribution in [3.63, 3.8) is 0 Å². The van der Waals surface area contributed by atoms with Crippen molar-refractivity contribution in [2.45, 2.75) is 26.3 Å². The van der Waals surface area contributed by atoms with Gasteiger partial charge in [-0.15, -0.1) is 0 Å². The van der Waals surface area contributed by atoms with Gasteiger partial charge in [0.2, 0.25) is 0 Å². The first-order valence-electron chi connectivity index (χ1n) is 7.37. The zero-order chi connectivity index (χ0) is 18.1. The number of carbonyl (C=O) groups is 1. The van der Waals surface area contributed by atoms with Crippen molar-refractivity contribution in [1.29, 1.82) is 0 Å². The second kappa shape index (κ2) is 10.2. The molecule has 0 bridgehead atoms. The van der Waals surface area contributed by atoms with E-state index in [1.54, 1.807) is 6.92 Å². The minimum Gasteiger partial charge on any atom is -0.756 e. The van der Waals surface area contributed by atoms with E-state index in [4.69, 9.17) is 14.4 Å². The summed E-state index contributed by atoms with van der Waals surface area (Å²) >= 11 is 0. The predicted molar refractivity (Wildman–Crippen MR) is 83.4 cm³/mol. The molecule has 0 aliphatic rings. The summed E-state index contributed by atoms with van der Waals surface area (Å²) in [5.74, 6) is -0.383. The van der Waals surface area contributed by atoms with Gasteiger partial charge in [-0.05, 0) is 13.8 Å². The van der Waals surface area contributed by atoms with Crippen LogP contribution in [0.1, 0.15) is 20.3 Å². The van der Waals surface area contributed by atoms with Crippen LogP contribution < -0.4 is 4.89 Å². The molecule has 2 unspecified atom stereocenters. The fourth-order valence-corrected chi connectivity index (χ4v) is 1.95. The number of likely N-dealkylation sites (N-methyl/N-ethyl adjacent to an activating group) is 1. The molecule has 0 amide bonds. The van der Waals surface area contributed by atoms with E-state index in [-0.39, 0.29) is 25.2 Å². The number of quaternary nitrogens is 1. The second-order valence-electron chi connectivity index (χ2n) is 6.00. The lowest BCUT2D eigenvalue weighted by Gasteiger charge is -2.36. The smallest absolute Gasteiger partial charge is 0.333 e. The van der Waals surface area contributed by atoms with Gasteiger partial charge in [-0.3, -0.25) is 4.57 Å². The van der Waals surface area contributed by atoms with Gasteiger partial charge in [0.1, 0.15) is 6.04 Å². The summed E-state index contributed by atoms with van der Waals surface area (Å²) in [4.78, 5) is 30.1. The Labute approximate surface area is 137 Å². The lowest BCUT2D eigenvalue weighted by molar-refractivity contribution is -0.913. The van der Waals surface area contributed by atoms with Crippen molar-refractivity contribution in [3.05, 3.63) is 12.2 Å². The highest BCUT2D eigenvalue weighted by Crippen LogP contribution is 2.29. The predicted octanol–water partition coefficient (Wildman–Crippen LogP) is 0.455. The van der Waals surface area contributed by atoms with E-state index in [2.05, 4.69) is 11.1 Å². The van der Waals surface area contributed by atoms with Crippen molar-refractivity contribution in [2.24, 2.45) is 0 Å². The number of rotatable bonds is 12. The molecule has 0 radical (unpaired) electrons. The summed E-state index contributed by atoms with van der Waals surface area (Å²) in [6.07, 6.45) is 0.712. The summed E-state index contributed by atoms with van der Waals surface area (Å²) in [5, 5.41) is 0. The Morgan fingerprint density at radius 3 is 2.48 bits per heavy atom. The quantitative estimate of drug-likeness (QED) is 0.179. The van der Waals surface area contributed by atoms with E-state index in [0.717, 1.165) is 6.54 Å². The van der Waals surface area contributed by atoms with Crippen LogP contribution in [0.2, 0.25) is 0 Å². The van der Waals surface area contributed by atoms with Gasteiger partial charge in [0.25, 0.3) is 7.82 Å². The molecule has 0 aromatic rings. The molecule has 0 saturated carbocycles. The molecule has 9 heteroatoms. The van der Waals surface area contributed by atoms with Crippen molar-refractivity contribution in [1.82, 2.24) is 0 Å². The Kier molecular flexibility index (Phi) is 9.84. The van der Waals surface area contributed by atoms with Gasteiger partial charge in [-0.25, -0.2) is 4.79 Å². The Bertz CT molecular complexity index is 433. The topological polar surface area (TPSA) is 105 Å². The highest BCUT2D eigenvalue weighted by Gasteiger charge is 2.23. The van der Waals surface area contributed by atoms with E-state index in [1.165, 1.54) is 0 Å². The van der Waals surface area contributed by atoms with E-state index < -0.39 is 7.82 Å². The fourth-order valence-electron chi connectivity index (χ4n) is 1.65. The largest absolute Gasteiger partial charge is 0.756 e. The van der Waals surface area contributed by atoms with E-state index in [9.17, 15) is 14.3 Å². The first kappa shape index (κ1) is 22.2. The molecular formula is C14H28NO7P. The van der Waals surface area contributed by atoms with Gasteiger partial charge >= 0.3 is 5.97 Å². The number of hydrogen-bond donors (Lipinski definition) is 1. The normalized spacial score (nSPS) is 15.7. The third-order valence-corrected chi connectivity index (χ3v) is 4.00. The maximum absolute atomic E-state index is 11.3. The minimum absolute atomic E-state index is 0.0767. The molecular weight excluding hydrogens is 325 g/mol. The molecule has 0 aliphatic carbocycles. The zero-order valence-electron chi connectivity index (χ0n) is 14.3. The minimum atomic E-state index is -4.68. The number of hydrogen-bond acceptors (Lipinski definition) is 6.